The minimum absolute atomic E-state index is 0.0422. The first-order valence-electron chi connectivity index (χ1n) is 24.6. The van der Waals surface area contributed by atoms with E-state index in [1.165, 1.54) is 29.6 Å². The summed E-state index contributed by atoms with van der Waals surface area (Å²) in [5.74, 6) is -2.98. The van der Waals surface area contributed by atoms with Crippen LogP contribution in [0.4, 0.5) is 14.9 Å². The molecule has 4 aliphatic heterocycles. The van der Waals surface area contributed by atoms with Gasteiger partial charge in [-0.2, -0.15) is 9.78 Å². The number of fused-ring (bicyclic) bond motifs is 6. The second-order valence-electron chi connectivity index (χ2n) is 20.3. The molecule has 20 heteroatoms. The number of hydrazine groups is 1. The monoisotopic (exact) mass is 970 g/mol. The van der Waals surface area contributed by atoms with E-state index in [4.69, 9.17) is 19.2 Å². The van der Waals surface area contributed by atoms with Gasteiger partial charge < -0.3 is 38.8 Å². The quantitative estimate of drug-likeness (QED) is 0.220. The van der Waals surface area contributed by atoms with E-state index in [9.17, 15) is 24.0 Å². The van der Waals surface area contributed by atoms with Crippen LogP contribution < -0.4 is 15.6 Å². The number of aryl methyl sites for hydroxylation is 1. The van der Waals surface area contributed by atoms with Crippen LogP contribution >= 0.6 is 0 Å². The molecule has 4 aliphatic rings. The lowest BCUT2D eigenvalue weighted by molar-refractivity contribution is -0.156. The van der Waals surface area contributed by atoms with Crippen molar-refractivity contribution < 1.29 is 42.6 Å². The molecule has 4 aromatic rings. The van der Waals surface area contributed by atoms with E-state index in [0.717, 1.165) is 48.7 Å². The number of rotatable bonds is 9. The van der Waals surface area contributed by atoms with E-state index in [1.54, 1.807) is 27.2 Å². The van der Waals surface area contributed by atoms with Gasteiger partial charge in [0, 0.05) is 106 Å². The van der Waals surface area contributed by atoms with Crippen LogP contribution in [0.1, 0.15) is 91.0 Å². The molecule has 0 spiro atoms. The summed E-state index contributed by atoms with van der Waals surface area (Å²) in [6, 6.07) is 6.87. The molecule has 0 aliphatic carbocycles. The third-order valence-corrected chi connectivity index (χ3v) is 14.4. The highest BCUT2D eigenvalue weighted by Crippen LogP contribution is 2.42. The van der Waals surface area contributed by atoms with Gasteiger partial charge in [-0.15, -0.1) is 0 Å². The summed E-state index contributed by atoms with van der Waals surface area (Å²) in [5, 5.41) is 9.27. The average molecular weight is 970 g/mol. The molecule has 3 saturated heterocycles. The Labute approximate surface area is 408 Å². The van der Waals surface area contributed by atoms with Crippen molar-refractivity contribution in [3.63, 3.8) is 0 Å². The van der Waals surface area contributed by atoms with Gasteiger partial charge in [0.1, 0.15) is 30.8 Å². The maximum Gasteiger partial charge on any atom is 0.346 e. The summed E-state index contributed by atoms with van der Waals surface area (Å²) >= 11 is 0. The number of carbonyl (C=O) groups excluding carboxylic acids is 5. The number of pyridine rings is 1. The predicted molar refractivity (Wildman–Crippen MR) is 258 cm³/mol. The lowest BCUT2D eigenvalue weighted by atomic mass is 9.84. The fraction of sp³-hybridized carbons (Fsp3) is 0.600. The van der Waals surface area contributed by atoms with Gasteiger partial charge in [-0.1, -0.05) is 27.7 Å². The lowest BCUT2D eigenvalue weighted by Gasteiger charge is -2.41. The highest BCUT2D eigenvalue weighted by molar-refractivity contribution is 5.96. The van der Waals surface area contributed by atoms with Crippen molar-refractivity contribution in [3.05, 3.63) is 60.4 Å². The minimum atomic E-state index is -2.35. The molecule has 2 N–H and O–H groups in total. The van der Waals surface area contributed by atoms with Crippen LogP contribution in [0.5, 0.6) is 0 Å². The first kappa shape index (κ1) is 50.4. The van der Waals surface area contributed by atoms with Gasteiger partial charge in [0.25, 0.3) is 11.8 Å². The van der Waals surface area contributed by atoms with Crippen molar-refractivity contribution in [1.29, 1.82) is 0 Å². The maximum atomic E-state index is 16.7. The molecule has 8 rings (SSSR count). The fourth-order valence-corrected chi connectivity index (χ4v) is 10.6. The molecular formula is C50H68FN11O8. The SMILES string of the molecule is CCn1c(-c2cccnc2[C@H](C)OC)c2c3cc(ccc31)N1CCO[C@@H](C[C@H](NC(=O)[C@H](C(C)C)N(C)C(=O)C3(F)CCN(C(=O)n4cncn4)CC3)C(=O)N3CCC[C@H](N3)C(=O)OCC(C)(C)C2)C1. The highest BCUT2D eigenvalue weighted by Gasteiger charge is 2.48. The number of amides is 4. The molecule has 0 saturated carbocycles. The Morgan fingerprint density at radius 3 is 2.56 bits per heavy atom. The number of alkyl halides is 1. The van der Waals surface area contributed by atoms with Gasteiger partial charge in [-0.25, -0.2) is 19.6 Å². The Hall–Kier alpha value is -5.99. The van der Waals surface area contributed by atoms with E-state index in [0.29, 0.717) is 45.5 Å². The average Bonchev–Trinajstić information content (AvgIpc) is 4.01. The Balaban J connectivity index is 1.10. The van der Waals surface area contributed by atoms with Crippen molar-refractivity contribution in [2.24, 2.45) is 11.3 Å². The van der Waals surface area contributed by atoms with Crippen LogP contribution in [0.15, 0.2) is 49.2 Å². The number of nitrogens with zero attached hydrogens (tertiary/aromatic N) is 9. The number of methoxy groups -OCH3 is 1. The smallest absolute Gasteiger partial charge is 0.346 e. The largest absolute Gasteiger partial charge is 0.464 e. The molecule has 378 valence electrons. The molecule has 3 aromatic heterocycles. The van der Waals surface area contributed by atoms with Gasteiger partial charge in [0.2, 0.25) is 5.91 Å². The normalized spacial score (nSPS) is 22.8. The molecule has 5 atom stereocenters. The number of carbonyl (C=O) groups is 5. The number of likely N-dealkylation sites (tertiary alicyclic amines) is 1. The van der Waals surface area contributed by atoms with Crippen LogP contribution in [0, 0.1) is 11.3 Å². The summed E-state index contributed by atoms with van der Waals surface area (Å²) in [7, 11) is 3.07. The van der Waals surface area contributed by atoms with Crippen LogP contribution in [0.3, 0.4) is 0 Å². The van der Waals surface area contributed by atoms with Gasteiger partial charge in [-0.05, 0) is 74.9 Å². The number of esters is 1. The Morgan fingerprint density at radius 2 is 1.86 bits per heavy atom. The van der Waals surface area contributed by atoms with Crippen molar-refractivity contribution in [1.82, 2.24) is 49.9 Å². The number of morpholine rings is 1. The standard InChI is InChI=1S/C50H68FN11O8/c1-9-60-40-15-14-33-24-36(40)37(43(60)35-12-10-18-53-41(35)32(4)68-8)26-49(5,6)28-70-46(65)38-13-11-19-61(56-38)45(64)39(25-34-27-59(33)22-23-69-34)55-44(63)42(31(2)3)57(7)47(66)50(51)16-20-58(21-17-50)48(67)62-30-52-29-54-62/h10,12,14-15,18,24,29-32,34,38-39,42,56H,9,11,13,16-17,19-23,25-28H2,1-8H3,(H,55,63)/t32-,34-,38-,39-,42-/m0/s1. The summed E-state index contributed by atoms with van der Waals surface area (Å²) in [4.78, 5) is 83.7. The Bertz CT molecular complexity index is 2560. The number of aromatic nitrogens is 5. The van der Waals surface area contributed by atoms with Crippen LogP contribution in [-0.4, -0.2) is 159 Å². The summed E-state index contributed by atoms with van der Waals surface area (Å²) in [6.45, 7) is 14.1. The molecule has 6 bridgehead atoms. The zero-order chi connectivity index (χ0) is 50.1. The third-order valence-electron chi connectivity index (χ3n) is 14.4. The first-order valence-corrected chi connectivity index (χ1v) is 24.6. The summed E-state index contributed by atoms with van der Waals surface area (Å²) in [5.41, 5.74) is 6.18. The number of anilines is 1. The molecular weight excluding hydrogens is 902 g/mol. The van der Waals surface area contributed by atoms with E-state index >= 15 is 4.39 Å². The van der Waals surface area contributed by atoms with E-state index < -0.39 is 71.0 Å². The number of piperidine rings is 1. The number of hydrogen-bond donors (Lipinski definition) is 2. The zero-order valence-electron chi connectivity index (χ0n) is 41.7. The van der Waals surface area contributed by atoms with Crippen LogP contribution in [0.2, 0.25) is 0 Å². The van der Waals surface area contributed by atoms with E-state index in [-0.39, 0.29) is 51.6 Å². The number of likely N-dealkylation sites (N-methyl/N-ethyl adjacent to an activating group) is 1. The molecule has 1 aromatic carbocycles. The molecule has 0 radical (unpaired) electrons. The van der Waals surface area contributed by atoms with Crippen molar-refractivity contribution in [2.75, 3.05) is 65.0 Å². The third kappa shape index (κ3) is 10.3. The maximum absolute atomic E-state index is 16.7. The number of cyclic esters (lactones) is 1. The first-order chi connectivity index (χ1) is 33.4. The minimum Gasteiger partial charge on any atom is -0.464 e. The second-order valence-corrected chi connectivity index (χ2v) is 20.3. The van der Waals surface area contributed by atoms with Gasteiger partial charge in [0.05, 0.1) is 36.8 Å². The van der Waals surface area contributed by atoms with Gasteiger partial charge in [0.15, 0.2) is 5.67 Å². The van der Waals surface area contributed by atoms with E-state index in [1.807, 2.05) is 13.0 Å². The van der Waals surface area contributed by atoms with Crippen molar-refractivity contribution in [3.8, 4) is 11.3 Å². The molecule has 4 amide bonds. The molecule has 19 nitrogen and oxygen atoms in total. The number of hydrogen-bond acceptors (Lipinski definition) is 13. The van der Waals surface area contributed by atoms with E-state index in [2.05, 4.69) is 75.3 Å². The number of halogens is 1. The Morgan fingerprint density at radius 1 is 1.09 bits per heavy atom. The molecule has 0 unspecified atom stereocenters. The fourth-order valence-electron chi connectivity index (χ4n) is 10.6. The lowest BCUT2D eigenvalue weighted by Crippen LogP contribution is -2.63. The van der Waals surface area contributed by atoms with Crippen molar-refractivity contribution in [2.45, 2.75) is 123 Å². The van der Waals surface area contributed by atoms with Gasteiger partial charge in [-0.3, -0.25) is 29.2 Å². The predicted octanol–water partition coefficient (Wildman–Crippen LogP) is 4.68. The number of ether oxygens (including phenoxy) is 3. The number of nitrogens with one attached hydrogen (secondary N) is 2. The topological polar surface area (TPSA) is 199 Å². The molecule has 7 heterocycles. The van der Waals surface area contributed by atoms with Crippen LogP contribution in [-0.2, 0) is 46.4 Å². The summed E-state index contributed by atoms with van der Waals surface area (Å²) < 4.78 is 38.3. The Kier molecular flexibility index (Phi) is 15.0. The number of benzene rings is 1. The van der Waals surface area contributed by atoms with Crippen molar-refractivity contribution >= 4 is 46.3 Å². The molecule has 3 fully saturated rings. The highest BCUT2D eigenvalue weighted by atomic mass is 19.1. The van der Waals surface area contributed by atoms with Crippen LogP contribution in [0.25, 0.3) is 22.2 Å². The zero-order valence-corrected chi connectivity index (χ0v) is 41.7. The molecule has 70 heavy (non-hydrogen) atoms. The second kappa shape index (κ2) is 20.8. The van der Waals surface area contributed by atoms with Gasteiger partial charge >= 0.3 is 12.0 Å². The summed E-state index contributed by atoms with van der Waals surface area (Å²) in [6.07, 6.45) is 4.48.